The Hall–Kier alpha value is -3.34. The molecule has 0 aliphatic carbocycles. The first kappa shape index (κ1) is 16.1. The number of hydrogen-bond donors (Lipinski definition) is 1. The van der Waals surface area contributed by atoms with Gasteiger partial charge >= 0.3 is 0 Å². The van der Waals surface area contributed by atoms with E-state index in [1.165, 1.54) is 17.2 Å². The van der Waals surface area contributed by atoms with E-state index in [1.807, 2.05) is 0 Å². The number of sulfonamides is 1. The Kier molecular flexibility index (Phi) is 3.65. The zero-order valence-corrected chi connectivity index (χ0v) is 14.7. The fourth-order valence-corrected chi connectivity index (χ4v) is 3.53. The van der Waals surface area contributed by atoms with E-state index in [0.717, 1.165) is 0 Å². The van der Waals surface area contributed by atoms with Gasteiger partial charge in [0.15, 0.2) is 11.5 Å². The van der Waals surface area contributed by atoms with Crippen LogP contribution in [0.15, 0.2) is 48.1 Å². The summed E-state index contributed by atoms with van der Waals surface area (Å²) in [4.78, 5) is 12.1. The first-order chi connectivity index (χ1) is 12.4. The van der Waals surface area contributed by atoms with Gasteiger partial charge in [0, 0.05) is 30.9 Å². The molecule has 4 heterocycles. The predicted molar refractivity (Wildman–Crippen MR) is 93.2 cm³/mol. The molecule has 4 rings (SSSR count). The zero-order chi connectivity index (χ0) is 18.3. The Balaban J connectivity index is 1.66. The Bertz CT molecular complexity index is 1200. The second-order valence-electron chi connectivity index (χ2n) is 5.60. The molecule has 26 heavy (non-hydrogen) atoms. The Morgan fingerprint density at radius 1 is 1.12 bits per heavy atom. The SMILES string of the molecule is Cc1nn(C)c2ncc(S(=O)(=O)Nc3ccn(-c4cncnc4)n3)cc12. The summed E-state index contributed by atoms with van der Waals surface area (Å²) in [5.74, 6) is 0.178. The van der Waals surface area contributed by atoms with E-state index in [2.05, 4.69) is 29.9 Å². The Morgan fingerprint density at radius 3 is 2.65 bits per heavy atom. The summed E-state index contributed by atoms with van der Waals surface area (Å²) in [5.41, 5.74) is 1.95. The van der Waals surface area contributed by atoms with Gasteiger partial charge in [0.25, 0.3) is 10.0 Å². The number of nitrogens with zero attached hydrogens (tertiary/aromatic N) is 7. The smallest absolute Gasteiger partial charge is 0.262 e. The molecule has 132 valence electrons. The third kappa shape index (κ3) is 2.77. The van der Waals surface area contributed by atoms with Gasteiger partial charge < -0.3 is 0 Å². The highest BCUT2D eigenvalue weighted by atomic mass is 32.2. The first-order valence-corrected chi connectivity index (χ1v) is 9.05. The summed E-state index contributed by atoms with van der Waals surface area (Å²) in [6.45, 7) is 1.80. The van der Waals surface area contributed by atoms with Crippen LogP contribution in [-0.2, 0) is 17.1 Å². The highest BCUT2D eigenvalue weighted by Crippen LogP contribution is 2.21. The number of pyridine rings is 1. The molecule has 0 spiro atoms. The van der Waals surface area contributed by atoms with E-state index < -0.39 is 10.0 Å². The third-order valence-electron chi connectivity index (χ3n) is 3.79. The van der Waals surface area contributed by atoms with Crippen LogP contribution >= 0.6 is 0 Å². The maximum Gasteiger partial charge on any atom is 0.264 e. The average molecular weight is 370 g/mol. The van der Waals surface area contributed by atoms with Gasteiger partial charge in [0.1, 0.15) is 16.9 Å². The van der Waals surface area contributed by atoms with Crippen molar-refractivity contribution in [3.05, 3.63) is 48.9 Å². The quantitative estimate of drug-likeness (QED) is 0.570. The molecule has 0 fully saturated rings. The van der Waals surface area contributed by atoms with Gasteiger partial charge in [-0.15, -0.1) is 5.10 Å². The van der Waals surface area contributed by atoms with Crippen LogP contribution in [0, 0.1) is 6.92 Å². The maximum absolute atomic E-state index is 12.7. The summed E-state index contributed by atoms with van der Waals surface area (Å²) >= 11 is 0. The molecule has 0 unspecified atom stereocenters. The minimum atomic E-state index is -3.84. The lowest BCUT2D eigenvalue weighted by molar-refractivity contribution is 0.600. The summed E-state index contributed by atoms with van der Waals surface area (Å²) < 4.78 is 30.8. The molecule has 4 aromatic rings. The number of nitrogens with one attached hydrogen (secondary N) is 1. The van der Waals surface area contributed by atoms with Crippen molar-refractivity contribution in [1.82, 2.24) is 34.5 Å². The molecular formula is C15H14N8O2S. The molecule has 0 aromatic carbocycles. The molecule has 0 amide bonds. The predicted octanol–water partition coefficient (Wildman–Crippen LogP) is 1.05. The average Bonchev–Trinajstić information content (AvgIpc) is 3.20. The summed E-state index contributed by atoms with van der Waals surface area (Å²) in [5, 5.41) is 9.11. The molecular weight excluding hydrogens is 356 g/mol. The van der Waals surface area contributed by atoms with Crippen molar-refractivity contribution in [2.24, 2.45) is 7.05 Å². The van der Waals surface area contributed by atoms with Gasteiger partial charge in [-0.3, -0.25) is 9.40 Å². The first-order valence-electron chi connectivity index (χ1n) is 7.57. The van der Waals surface area contributed by atoms with Crippen molar-refractivity contribution in [3.8, 4) is 5.69 Å². The highest BCUT2D eigenvalue weighted by Gasteiger charge is 2.19. The van der Waals surface area contributed by atoms with Gasteiger partial charge in [-0.1, -0.05) is 0 Å². The lowest BCUT2D eigenvalue weighted by atomic mass is 10.3. The van der Waals surface area contributed by atoms with E-state index >= 15 is 0 Å². The molecule has 0 saturated carbocycles. The van der Waals surface area contributed by atoms with Crippen LogP contribution in [0.2, 0.25) is 0 Å². The molecule has 11 heteroatoms. The van der Waals surface area contributed by atoms with E-state index in [-0.39, 0.29) is 10.7 Å². The number of rotatable bonds is 4. The van der Waals surface area contributed by atoms with E-state index in [4.69, 9.17) is 0 Å². The third-order valence-corrected chi connectivity index (χ3v) is 5.11. The molecule has 0 bridgehead atoms. The minimum Gasteiger partial charge on any atom is -0.262 e. The fraction of sp³-hybridized carbons (Fsp3) is 0.133. The topological polar surface area (TPSA) is 120 Å². The number of aryl methyl sites for hydroxylation is 2. The summed E-state index contributed by atoms with van der Waals surface area (Å²) in [7, 11) is -2.08. The second kappa shape index (κ2) is 5.88. The van der Waals surface area contributed by atoms with Crippen molar-refractivity contribution in [2.75, 3.05) is 4.72 Å². The fourth-order valence-electron chi connectivity index (χ4n) is 2.56. The standard InChI is InChI=1S/C15H14N8O2S/c1-10-13-5-12(8-18-15(13)22(2)19-10)26(24,25)21-14-3-4-23(20-14)11-6-16-9-17-7-11/h3-9H,1-2H3,(H,20,21). The van der Waals surface area contributed by atoms with Gasteiger partial charge in [-0.25, -0.2) is 28.1 Å². The number of anilines is 1. The summed E-state index contributed by atoms with van der Waals surface area (Å²) in [6.07, 6.45) is 7.46. The van der Waals surface area contributed by atoms with E-state index in [0.29, 0.717) is 22.4 Å². The van der Waals surface area contributed by atoms with Gasteiger partial charge in [0.2, 0.25) is 0 Å². The van der Waals surface area contributed by atoms with E-state index in [1.54, 1.807) is 49.4 Å². The van der Waals surface area contributed by atoms with Crippen molar-refractivity contribution in [2.45, 2.75) is 11.8 Å². The molecule has 0 radical (unpaired) electrons. The van der Waals surface area contributed by atoms with Crippen LogP contribution < -0.4 is 4.72 Å². The second-order valence-corrected chi connectivity index (χ2v) is 7.28. The largest absolute Gasteiger partial charge is 0.264 e. The monoisotopic (exact) mass is 370 g/mol. The van der Waals surface area contributed by atoms with E-state index in [9.17, 15) is 8.42 Å². The lowest BCUT2D eigenvalue weighted by Gasteiger charge is -2.05. The van der Waals surface area contributed by atoms with Crippen molar-refractivity contribution in [3.63, 3.8) is 0 Å². The molecule has 0 aliphatic heterocycles. The van der Waals surface area contributed by atoms with Crippen molar-refractivity contribution in [1.29, 1.82) is 0 Å². The van der Waals surface area contributed by atoms with Crippen LogP contribution in [0.3, 0.4) is 0 Å². The summed E-state index contributed by atoms with van der Waals surface area (Å²) in [6, 6.07) is 3.10. The Morgan fingerprint density at radius 2 is 1.88 bits per heavy atom. The van der Waals surface area contributed by atoms with Crippen LogP contribution in [-0.4, -0.2) is 42.9 Å². The minimum absolute atomic E-state index is 0.0405. The normalized spacial score (nSPS) is 11.8. The highest BCUT2D eigenvalue weighted by molar-refractivity contribution is 7.92. The van der Waals surface area contributed by atoms with Crippen molar-refractivity contribution < 1.29 is 8.42 Å². The van der Waals surface area contributed by atoms with Crippen LogP contribution in [0.4, 0.5) is 5.82 Å². The maximum atomic E-state index is 12.7. The zero-order valence-electron chi connectivity index (χ0n) is 13.9. The molecule has 1 N–H and O–H groups in total. The molecule has 4 aromatic heterocycles. The Labute approximate surface area is 148 Å². The molecule has 0 aliphatic rings. The number of fused-ring (bicyclic) bond motifs is 1. The molecule has 0 saturated heterocycles. The number of hydrogen-bond acceptors (Lipinski definition) is 7. The van der Waals surface area contributed by atoms with Crippen LogP contribution in [0.5, 0.6) is 0 Å². The van der Waals surface area contributed by atoms with Crippen LogP contribution in [0.25, 0.3) is 16.7 Å². The van der Waals surface area contributed by atoms with Gasteiger partial charge in [-0.2, -0.15) is 5.10 Å². The van der Waals surface area contributed by atoms with Gasteiger partial charge in [-0.05, 0) is 13.0 Å². The lowest BCUT2D eigenvalue weighted by Crippen LogP contribution is -2.14. The van der Waals surface area contributed by atoms with Gasteiger partial charge in [0.05, 0.1) is 18.1 Å². The van der Waals surface area contributed by atoms with Crippen molar-refractivity contribution >= 4 is 26.9 Å². The molecule has 10 nitrogen and oxygen atoms in total. The van der Waals surface area contributed by atoms with Crippen LogP contribution in [0.1, 0.15) is 5.69 Å². The number of aromatic nitrogens is 7. The molecule has 0 atom stereocenters.